The third kappa shape index (κ3) is 2.20. The Morgan fingerprint density at radius 1 is 1.59 bits per heavy atom. The van der Waals surface area contributed by atoms with E-state index < -0.39 is 0 Å². The number of nitriles is 1. The van der Waals surface area contributed by atoms with E-state index in [1.165, 1.54) is 7.11 Å². The van der Waals surface area contributed by atoms with Crippen molar-refractivity contribution in [1.82, 2.24) is 0 Å². The van der Waals surface area contributed by atoms with Crippen molar-refractivity contribution in [2.75, 3.05) is 18.6 Å². The van der Waals surface area contributed by atoms with E-state index in [-0.39, 0.29) is 18.2 Å². The summed E-state index contributed by atoms with van der Waals surface area (Å²) in [6, 6.07) is 7.26. The Balaban J connectivity index is 2.29. The fourth-order valence-corrected chi connectivity index (χ4v) is 2.05. The van der Waals surface area contributed by atoms with E-state index in [0.29, 0.717) is 23.0 Å². The van der Waals surface area contributed by atoms with Gasteiger partial charge in [-0.3, -0.25) is 4.79 Å². The van der Waals surface area contributed by atoms with Crippen molar-refractivity contribution in [3.05, 3.63) is 23.2 Å². The molecule has 0 aliphatic carbocycles. The summed E-state index contributed by atoms with van der Waals surface area (Å²) >= 11 is 5.91. The number of amides is 1. The lowest BCUT2D eigenvalue weighted by molar-refractivity contribution is -0.117. The Bertz CT molecular complexity index is 496. The summed E-state index contributed by atoms with van der Waals surface area (Å²) < 4.78 is 5.10. The van der Waals surface area contributed by atoms with E-state index in [1.54, 1.807) is 23.1 Å². The van der Waals surface area contributed by atoms with Gasteiger partial charge in [0.1, 0.15) is 5.75 Å². The predicted molar refractivity (Wildman–Crippen MR) is 64.1 cm³/mol. The van der Waals surface area contributed by atoms with Gasteiger partial charge in [0.05, 0.1) is 24.1 Å². The summed E-state index contributed by atoms with van der Waals surface area (Å²) in [6.45, 7) is 0.431. The lowest BCUT2D eigenvalue weighted by Crippen LogP contribution is -2.24. The van der Waals surface area contributed by atoms with Crippen molar-refractivity contribution in [1.29, 1.82) is 5.26 Å². The first-order valence-corrected chi connectivity index (χ1v) is 5.57. The van der Waals surface area contributed by atoms with Gasteiger partial charge in [-0.1, -0.05) is 11.6 Å². The first kappa shape index (κ1) is 11.7. The van der Waals surface area contributed by atoms with E-state index in [2.05, 4.69) is 6.07 Å². The number of anilines is 1. The van der Waals surface area contributed by atoms with Gasteiger partial charge >= 0.3 is 0 Å². The van der Waals surface area contributed by atoms with Crippen LogP contribution in [0, 0.1) is 17.2 Å². The number of benzene rings is 1. The quantitative estimate of drug-likeness (QED) is 0.809. The van der Waals surface area contributed by atoms with Crippen molar-refractivity contribution in [2.24, 2.45) is 5.92 Å². The van der Waals surface area contributed by atoms with Gasteiger partial charge in [-0.05, 0) is 12.1 Å². The van der Waals surface area contributed by atoms with Crippen molar-refractivity contribution < 1.29 is 9.53 Å². The Hall–Kier alpha value is -1.73. The zero-order valence-electron chi connectivity index (χ0n) is 9.31. The summed E-state index contributed by atoms with van der Waals surface area (Å²) in [5.41, 5.74) is 0.717. The zero-order valence-corrected chi connectivity index (χ0v) is 10.1. The van der Waals surface area contributed by atoms with Gasteiger partial charge in [-0.15, -0.1) is 0 Å². The number of hydrogen-bond acceptors (Lipinski definition) is 3. The van der Waals surface area contributed by atoms with Crippen LogP contribution < -0.4 is 9.64 Å². The minimum absolute atomic E-state index is 0.0408. The summed E-state index contributed by atoms with van der Waals surface area (Å²) in [6.07, 6.45) is 0.279. The molecule has 1 aromatic rings. The van der Waals surface area contributed by atoms with Crippen molar-refractivity contribution in [2.45, 2.75) is 6.42 Å². The largest absolute Gasteiger partial charge is 0.495 e. The monoisotopic (exact) mass is 250 g/mol. The fourth-order valence-electron chi connectivity index (χ4n) is 1.86. The molecule has 0 aromatic heterocycles. The van der Waals surface area contributed by atoms with Crippen LogP contribution in [0.2, 0.25) is 5.02 Å². The number of ether oxygens (including phenoxy) is 1. The highest BCUT2D eigenvalue weighted by Crippen LogP contribution is 2.32. The van der Waals surface area contributed by atoms with Crippen molar-refractivity contribution >= 4 is 23.2 Å². The van der Waals surface area contributed by atoms with E-state index in [0.717, 1.165) is 0 Å². The van der Waals surface area contributed by atoms with Crippen LogP contribution in [0.25, 0.3) is 0 Å². The molecule has 0 N–H and O–H groups in total. The zero-order chi connectivity index (χ0) is 12.4. The molecule has 2 rings (SSSR count). The molecule has 1 aliphatic heterocycles. The molecule has 0 radical (unpaired) electrons. The number of rotatable bonds is 2. The number of nitrogens with zero attached hydrogens (tertiary/aromatic N) is 2. The van der Waals surface area contributed by atoms with Crippen LogP contribution in [0.1, 0.15) is 6.42 Å². The average molecular weight is 251 g/mol. The molecule has 1 fully saturated rings. The average Bonchev–Trinajstić information content (AvgIpc) is 2.71. The third-order valence-corrected chi connectivity index (χ3v) is 3.07. The molecule has 1 heterocycles. The highest BCUT2D eigenvalue weighted by atomic mass is 35.5. The van der Waals surface area contributed by atoms with Crippen molar-refractivity contribution in [3.8, 4) is 11.8 Å². The number of carbonyl (C=O) groups excluding carboxylic acids is 1. The second kappa shape index (κ2) is 4.64. The Morgan fingerprint density at radius 3 is 2.94 bits per heavy atom. The Morgan fingerprint density at radius 2 is 2.35 bits per heavy atom. The molecular formula is C12H11ClN2O2. The van der Waals surface area contributed by atoms with Crippen LogP contribution in [-0.4, -0.2) is 19.6 Å². The minimum Gasteiger partial charge on any atom is -0.495 e. The van der Waals surface area contributed by atoms with Crippen LogP contribution in [0.15, 0.2) is 18.2 Å². The smallest absolute Gasteiger partial charge is 0.228 e. The topological polar surface area (TPSA) is 53.3 Å². The van der Waals surface area contributed by atoms with Crippen LogP contribution in [0.3, 0.4) is 0 Å². The summed E-state index contributed by atoms with van der Waals surface area (Å²) in [4.78, 5) is 13.3. The molecule has 1 aromatic carbocycles. The molecule has 0 spiro atoms. The number of halogens is 1. The molecule has 1 amide bonds. The third-order valence-electron chi connectivity index (χ3n) is 2.75. The van der Waals surface area contributed by atoms with Crippen LogP contribution in [-0.2, 0) is 4.79 Å². The predicted octanol–water partition coefficient (Wildman–Crippen LogP) is 2.23. The lowest BCUT2D eigenvalue weighted by atomic mass is 10.1. The van der Waals surface area contributed by atoms with Gasteiger partial charge < -0.3 is 9.64 Å². The molecule has 1 aliphatic rings. The first-order valence-electron chi connectivity index (χ1n) is 5.19. The van der Waals surface area contributed by atoms with Gasteiger partial charge in [0.15, 0.2) is 0 Å². The molecule has 4 nitrogen and oxygen atoms in total. The van der Waals surface area contributed by atoms with Gasteiger partial charge in [0.25, 0.3) is 0 Å². The van der Waals surface area contributed by atoms with Crippen LogP contribution in [0.4, 0.5) is 5.69 Å². The molecule has 0 saturated carbocycles. The van der Waals surface area contributed by atoms with E-state index in [4.69, 9.17) is 21.6 Å². The Kier molecular flexibility index (Phi) is 3.21. The maximum atomic E-state index is 11.7. The normalized spacial score (nSPS) is 19.2. The van der Waals surface area contributed by atoms with E-state index >= 15 is 0 Å². The second-order valence-corrected chi connectivity index (χ2v) is 4.26. The van der Waals surface area contributed by atoms with Gasteiger partial charge in [0.2, 0.25) is 5.91 Å². The number of hydrogen-bond donors (Lipinski definition) is 0. The highest BCUT2D eigenvalue weighted by Gasteiger charge is 2.30. The molecule has 17 heavy (non-hydrogen) atoms. The fraction of sp³-hybridized carbons (Fsp3) is 0.333. The molecule has 1 unspecified atom stereocenters. The minimum atomic E-state index is -0.232. The summed E-state index contributed by atoms with van der Waals surface area (Å²) in [5, 5.41) is 9.32. The standard InChI is InChI=1S/C12H11ClN2O2/c1-17-11-5-9(2-3-10(11)13)15-7-8(6-14)4-12(15)16/h2-3,5,8H,4,7H2,1H3. The van der Waals surface area contributed by atoms with E-state index in [1.807, 2.05) is 0 Å². The molecule has 5 heteroatoms. The van der Waals surface area contributed by atoms with Gasteiger partial charge in [-0.2, -0.15) is 5.26 Å². The maximum absolute atomic E-state index is 11.7. The first-order chi connectivity index (χ1) is 8.15. The second-order valence-electron chi connectivity index (χ2n) is 3.85. The van der Waals surface area contributed by atoms with Gasteiger partial charge in [0, 0.05) is 24.7 Å². The van der Waals surface area contributed by atoms with E-state index in [9.17, 15) is 4.79 Å². The van der Waals surface area contributed by atoms with Gasteiger partial charge in [-0.25, -0.2) is 0 Å². The molecule has 1 saturated heterocycles. The summed E-state index contributed by atoms with van der Waals surface area (Å²) in [5.74, 6) is 0.252. The molecule has 1 atom stereocenters. The lowest BCUT2D eigenvalue weighted by Gasteiger charge is -2.17. The Labute approximate surface area is 104 Å². The summed E-state index contributed by atoms with van der Waals surface area (Å²) in [7, 11) is 1.52. The molecule has 88 valence electrons. The highest BCUT2D eigenvalue weighted by molar-refractivity contribution is 6.32. The molecule has 0 bridgehead atoms. The SMILES string of the molecule is COc1cc(N2CC(C#N)CC2=O)ccc1Cl. The maximum Gasteiger partial charge on any atom is 0.228 e. The van der Waals surface area contributed by atoms with Crippen molar-refractivity contribution in [3.63, 3.8) is 0 Å². The van der Waals surface area contributed by atoms with Crippen LogP contribution in [0.5, 0.6) is 5.75 Å². The van der Waals surface area contributed by atoms with Crippen LogP contribution >= 0.6 is 11.6 Å². The molecular weight excluding hydrogens is 240 g/mol. The number of methoxy groups -OCH3 is 1. The number of carbonyl (C=O) groups is 1.